The number of nitrogens with zero attached hydrogens (tertiary/aromatic N) is 2. The van der Waals surface area contributed by atoms with E-state index in [1.807, 2.05) is 30.3 Å². The number of hydrogen-bond acceptors (Lipinski definition) is 5. The number of aromatic nitrogens is 2. The Labute approximate surface area is 194 Å². The minimum absolute atomic E-state index is 0.307. The second-order valence-electron chi connectivity index (χ2n) is 8.54. The number of carbonyl (C=O) groups excluding carboxylic acids is 1. The normalized spacial score (nSPS) is 11.8. The number of hydrogen-bond donors (Lipinski definition) is 0. The summed E-state index contributed by atoms with van der Waals surface area (Å²) in [5.41, 5.74) is 1.79. The van der Waals surface area contributed by atoms with Crippen molar-refractivity contribution in [2.45, 2.75) is 85.0 Å². The molecular weight excluding hydrogens is 400 g/mol. The zero-order chi connectivity index (χ0) is 23.0. The summed E-state index contributed by atoms with van der Waals surface area (Å²) in [7, 11) is 0. The number of esters is 1. The molecule has 1 heterocycles. The van der Waals surface area contributed by atoms with Gasteiger partial charge in [-0.2, -0.15) is 4.98 Å². The molecule has 1 aromatic carbocycles. The van der Waals surface area contributed by atoms with Gasteiger partial charge in [-0.1, -0.05) is 102 Å². The Morgan fingerprint density at radius 1 is 0.938 bits per heavy atom. The molecule has 2 aromatic rings. The first-order valence-electron chi connectivity index (χ1n) is 12.4. The molecular formula is C27H40N2O3. The zero-order valence-corrected chi connectivity index (χ0v) is 20.1. The quantitative estimate of drug-likeness (QED) is 0.203. The summed E-state index contributed by atoms with van der Waals surface area (Å²) in [5.74, 6) is 0.410. The number of ether oxygens (including phenoxy) is 2. The summed E-state index contributed by atoms with van der Waals surface area (Å²) >= 11 is 0. The van der Waals surface area contributed by atoms with Gasteiger partial charge in [-0.3, -0.25) is 0 Å². The summed E-state index contributed by atoms with van der Waals surface area (Å²) in [6.07, 6.45) is 12.9. The third-order valence-electron chi connectivity index (χ3n) is 5.78. The fourth-order valence-corrected chi connectivity index (χ4v) is 3.49. The highest BCUT2D eigenvalue weighted by molar-refractivity contribution is 5.95. The van der Waals surface area contributed by atoms with Gasteiger partial charge in [0, 0.05) is 11.8 Å². The summed E-state index contributed by atoms with van der Waals surface area (Å²) in [5, 5.41) is 0. The average Bonchev–Trinajstić information content (AvgIpc) is 2.83. The van der Waals surface area contributed by atoms with Gasteiger partial charge in [0.15, 0.2) is 0 Å². The molecule has 0 saturated heterocycles. The average molecular weight is 441 g/mol. The smallest absolute Gasteiger partial charge is 0.341 e. The van der Waals surface area contributed by atoms with Gasteiger partial charge in [0.1, 0.15) is 5.56 Å². The van der Waals surface area contributed by atoms with E-state index in [1.54, 1.807) is 0 Å². The van der Waals surface area contributed by atoms with E-state index in [1.165, 1.54) is 44.7 Å². The van der Waals surface area contributed by atoms with Crippen molar-refractivity contribution in [3.8, 4) is 17.3 Å². The van der Waals surface area contributed by atoms with Gasteiger partial charge in [0.25, 0.3) is 0 Å². The first kappa shape index (κ1) is 25.8. The van der Waals surface area contributed by atoms with Crippen LogP contribution in [0.25, 0.3) is 11.3 Å². The predicted molar refractivity (Wildman–Crippen MR) is 130 cm³/mol. The third-order valence-corrected chi connectivity index (χ3v) is 5.78. The summed E-state index contributed by atoms with van der Waals surface area (Å²) < 4.78 is 11.3. The lowest BCUT2D eigenvalue weighted by atomic mass is 10.0. The fraction of sp³-hybridized carbons (Fsp3) is 0.593. The highest BCUT2D eigenvalue weighted by Crippen LogP contribution is 2.24. The van der Waals surface area contributed by atoms with Crippen LogP contribution in [0.2, 0.25) is 0 Å². The Morgan fingerprint density at radius 3 is 2.41 bits per heavy atom. The topological polar surface area (TPSA) is 61.3 Å². The van der Waals surface area contributed by atoms with E-state index in [4.69, 9.17) is 9.47 Å². The summed E-state index contributed by atoms with van der Waals surface area (Å²) in [4.78, 5) is 21.5. The van der Waals surface area contributed by atoms with Gasteiger partial charge in [-0.25, -0.2) is 9.78 Å². The first-order valence-corrected chi connectivity index (χ1v) is 12.4. The highest BCUT2D eigenvalue weighted by atomic mass is 16.5. The standard InChI is InChI=1S/C27H40N2O3/c1-4-6-7-8-14-19-31-26(30)24-21-28-27(29-25(24)23-17-12-9-13-18-23)32-20-15-10-11-16-22(3)5-2/h9,12-13,17-18,21-22H,4-8,10-11,14-16,19-20H2,1-3H3. The molecule has 32 heavy (non-hydrogen) atoms. The lowest BCUT2D eigenvalue weighted by Crippen LogP contribution is -2.11. The van der Waals surface area contributed by atoms with Crippen LogP contribution in [0.5, 0.6) is 6.01 Å². The van der Waals surface area contributed by atoms with E-state index < -0.39 is 0 Å². The Bertz CT molecular complexity index is 780. The van der Waals surface area contributed by atoms with Gasteiger partial charge in [-0.15, -0.1) is 0 Å². The molecule has 0 aliphatic heterocycles. The minimum atomic E-state index is -0.379. The van der Waals surface area contributed by atoms with Crippen LogP contribution >= 0.6 is 0 Å². The van der Waals surface area contributed by atoms with Crippen LogP contribution in [0.1, 0.15) is 95.3 Å². The fourth-order valence-electron chi connectivity index (χ4n) is 3.49. The maximum absolute atomic E-state index is 12.7. The summed E-state index contributed by atoms with van der Waals surface area (Å²) in [6, 6.07) is 9.97. The molecule has 0 saturated carbocycles. The van der Waals surface area contributed by atoms with Crippen molar-refractivity contribution in [3.05, 3.63) is 42.1 Å². The van der Waals surface area contributed by atoms with E-state index in [0.717, 1.165) is 37.2 Å². The molecule has 5 heteroatoms. The summed E-state index contributed by atoms with van der Waals surface area (Å²) in [6.45, 7) is 7.73. The Morgan fingerprint density at radius 2 is 1.66 bits per heavy atom. The van der Waals surface area contributed by atoms with Crippen molar-refractivity contribution in [1.29, 1.82) is 0 Å². The van der Waals surface area contributed by atoms with E-state index in [-0.39, 0.29) is 5.97 Å². The molecule has 0 fully saturated rings. The Balaban J connectivity index is 1.94. The number of benzene rings is 1. The molecule has 0 amide bonds. The maximum Gasteiger partial charge on any atom is 0.341 e. The van der Waals surface area contributed by atoms with Crippen LogP contribution < -0.4 is 4.74 Å². The molecule has 1 unspecified atom stereocenters. The molecule has 1 aromatic heterocycles. The van der Waals surface area contributed by atoms with E-state index in [0.29, 0.717) is 30.5 Å². The van der Waals surface area contributed by atoms with Gasteiger partial charge in [0.2, 0.25) is 0 Å². The largest absolute Gasteiger partial charge is 0.463 e. The number of unbranched alkanes of at least 4 members (excludes halogenated alkanes) is 6. The van der Waals surface area contributed by atoms with E-state index in [9.17, 15) is 4.79 Å². The van der Waals surface area contributed by atoms with Crippen LogP contribution in [0, 0.1) is 5.92 Å². The van der Waals surface area contributed by atoms with Crippen LogP contribution in [0.15, 0.2) is 36.5 Å². The van der Waals surface area contributed by atoms with Crippen molar-refractivity contribution in [1.82, 2.24) is 9.97 Å². The molecule has 0 aliphatic carbocycles. The number of rotatable bonds is 16. The monoisotopic (exact) mass is 440 g/mol. The van der Waals surface area contributed by atoms with Gasteiger partial charge >= 0.3 is 12.0 Å². The van der Waals surface area contributed by atoms with Crippen LogP contribution in [-0.2, 0) is 4.74 Å². The van der Waals surface area contributed by atoms with Crippen LogP contribution in [0.4, 0.5) is 0 Å². The maximum atomic E-state index is 12.7. The molecule has 0 spiro atoms. The van der Waals surface area contributed by atoms with E-state index in [2.05, 4.69) is 30.7 Å². The lowest BCUT2D eigenvalue weighted by Gasteiger charge is -2.11. The van der Waals surface area contributed by atoms with Crippen LogP contribution in [-0.4, -0.2) is 29.2 Å². The van der Waals surface area contributed by atoms with Gasteiger partial charge in [0.05, 0.1) is 18.9 Å². The molecule has 1 atom stereocenters. The lowest BCUT2D eigenvalue weighted by molar-refractivity contribution is 0.0497. The molecule has 0 radical (unpaired) electrons. The molecule has 176 valence electrons. The third kappa shape index (κ3) is 9.37. The number of carbonyl (C=O) groups is 1. The minimum Gasteiger partial charge on any atom is -0.463 e. The first-order chi connectivity index (χ1) is 15.7. The second kappa shape index (κ2) is 15.4. The molecule has 2 rings (SSSR count). The molecule has 0 bridgehead atoms. The predicted octanol–water partition coefficient (Wildman–Crippen LogP) is 7.26. The molecule has 0 N–H and O–H groups in total. The SMILES string of the molecule is CCCCCCCOC(=O)c1cnc(OCCCCCC(C)CC)nc1-c1ccccc1. The van der Waals surface area contributed by atoms with Gasteiger partial charge in [-0.05, 0) is 18.8 Å². The van der Waals surface area contributed by atoms with Gasteiger partial charge < -0.3 is 9.47 Å². The van der Waals surface area contributed by atoms with Crippen LogP contribution in [0.3, 0.4) is 0 Å². The van der Waals surface area contributed by atoms with Crippen molar-refractivity contribution in [3.63, 3.8) is 0 Å². The Kier molecular flexibility index (Phi) is 12.4. The van der Waals surface area contributed by atoms with Crippen molar-refractivity contribution < 1.29 is 14.3 Å². The second-order valence-corrected chi connectivity index (χ2v) is 8.54. The Hall–Kier alpha value is -2.43. The molecule has 0 aliphatic rings. The van der Waals surface area contributed by atoms with Crippen molar-refractivity contribution >= 4 is 5.97 Å². The highest BCUT2D eigenvalue weighted by Gasteiger charge is 2.18. The van der Waals surface area contributed by atoms with Crippen molar-refractivity contribution in [2.75, 3.05) is 13.2 Å². The van der Waals surface area contributed by atoms with Crippen molar-refractivity contribution in [2.24, 2.45) is 5.92 Å². The molecule has 5 nitrogen and oxygen atoms in total. The van der Waals surface area contributed by atoms with E-state index >= 15 is 0 Å². The zero-order valence-electron chi connectivity index (χ0n) is 20.1.